The van der Waals surface area contributed by atoms with E-state index in [1.807, 2.05) is 41.8 Å². The Bertz CT molecular complexity index is 722. The van der Waals surface area contributed by atoms with E-state index in [0.717, 1.165) is 21.5 Å². The van der Waals surface area contributed by atoms with Crippen molar-refractivity contribution < 1.29 is 4.79 Å². The van der Waals surface area contributed by atoms with Gasteiger partial charge in [-0.2, -0.15) is 0 Å². The third kappa shape index (κ3) is 1.92. The van der Waals surface area contributed by atoms with Crippen molar-refractivity contribution in [3.8, 4) is 10.6 Å². The van der Waals surface area contributed by atoms with Crippen LogP contribution in [0.1, 0.15) is 10.4 Å². The van der Waals surface area contributed by atoms with Gasteiger partial charge < -0.3 is 0 Å². The van der Waals surface area contributed by atoms with Crippen LogP contribution >= 0.6 is 22.9 Å². The van der Waals surface area contributed by atoms with Crippen molar-refractivity contribution in [3.05, 3.63) is 53.4 Å². The smallest absolute Gasteiger partial charge is 0.253 e. The summed E-state index contributed by atoms with van der Waals surface area (Å²) in [6.07, 6.45) is 0. The van der Waals surface area contributed by atoms with Gasteiger partial charge in [0, 0.05) is 10.9 Å². The molecule has 0 fully saturated rings. The molecule has 0 saturated carbocycles. The van der Waals surface area contributed by atoms with Crippen LogP contribution in [0.2, 0.25) is 0 Å². The number of carbonyl (C=O) groups is 1. The van der Waals surface area contributed by atoms with Gasteiger partial charge in [-0.3, -0.25) is 4.79 Å². The topological polar surface area (TPSA) is 30.0 Å². The summed E-state index contributed by atoms with van der Waals surface area (Å²) in [5.41, 5.74) is 2.07. The Hall–Kier alpha value is -1.71. The van der Waals surface area contributed by atoms with Gasteiger partial charge >= 0.3 is 0 Å². The largest absolute Gasteiger partial charge is 0.276 e. The third-order valence-corrected chi connectivity index (χ3v) is 3.80. The van der Waals surface area contributed by atoms with Gasteiger partial charge in [-0.25, -0.2) is 4.98 Å². The second-order valence-corrected chi connectivity index (χ2v) is 5.11. The number of thiophene rings is 1. The van der Waals surface area contributed by atoms with E-state index >= 15 is 0 Å². The number of rotatable bonds is 2. The highest BCUT2D eigenvalue weighted by Gasteiger charge is 2.12. The third-order valence-electron chi connectivity index (χ3n) is 2.70. The zero-order valence-electron chi connectivity index (χ0n) is 9.26. The maximum Gasteiger partial charge on any atom is 0.253 e. The standard InChI is InChI=1S/C14H8ClNOS/c15-14(17)10-8-12(13-6-3-7-18-13)16-11-5-2-1-4-9(10)11/h1-8H. The van der Waals surface area contributed by atoms with Gasteiger partial charge in [-0.15, -0.1) is 11.3 Å². The molecule has 0 aliphatic carbocycles. The number of nitrogens with zero attached hydrogens (tertiary/aromatic N) is 1. The molecular weight excluding hydrogens is 266 g/mol. The summed E-state index contributed by atoms with van der Waals surface area (Å²) in [4.78, 5) is 17.1. The Balaban J connectivity index is 2.33. The number of halogens is 1. The van der Waals surface area contributed by atoms with Crippen molar-refractivity contribution in [3.63, 3.8) is 0 Å². The highest BCUT2D eigenvalue weighted by Crippen LogP contribution is 2.28. The van der Waals surface area contributed by atoms with Gasteiger partial charge in [0.25, 0.3) is 5.24 Å². The summed E-state index contributed by atoms with van der Waals surface area (Å²) in [5, 5.41) is 2.32. The molecule has 2 nitrogen and oxygen atoms in total. The molecular formula is C14H8ClNOS. The number of benzene rings is 1. The van der Waals surface area contributed by atoms with E-state index in [1.165, 1.54) is 0 Å². The van der Waals surface area contributed by atoms with Crippen LogP contribution in [0.3, 0.4) is 0 Å². The predicted octanol–water partition coefficient (Wildman–Crippen LogP) is 4.34. The predicted molar refractivity (Wildman–Crippen MR) is 75.2 cm³/mol. The summed E-state index contributed by atoms with van der Waals surface area (Å²) in [6.45, 7) is 0. The summed E-state index contributed by atoms with van der Waals surface area (Å²) < 4.78 is 0. The summed E-state index contributed by atoms with van der Waals surface area (Å²) >= 11 is 7.24. The molecule has 0 radical (unpaired) electrons. The number of pyridine rings is 1. The van der Waals surface area contributed by atoms with Crippen LogP contribution in [0.4, 0.5) is 0 Å². The van der Waals surface area contributed by atoms with E-state index in [0.29, 0.717) is 5.56 Å². The number of fused-ring (bicyclic) bond motifs is 1. The molecule has 2 heterocycles. The van der Waals surface area contributed by atoms with Crippen molar-refractivity contribution in [1.29, 1.82) is 0 Å². The van der Waals surface area contributed by atoms with Crippen molar-refractivity contribution in [2.45, 2.75) is 0 Å². The molecule has 0 saturated heterocycles. The molecule has 0 N–H and O–H groups in total. The quantitative estimate of drug-likeness (QED) is 0.650. The maximum atomic E-state index is 11.5. The van der Waals surface area contributed by atoms with Gasteiger partial charge in [0.15, 0.2) is 0 Å². The molecule has 2 aromatic heterocycles. The van der Waals surface area contributed by atoms with Crippen LogP contribution in [0, 0.1) is 0 Å². The second-order valence-electron chi connectivity index (χ2n) is 3.82. The minimum absolute atomic E-state index is 0.452. The number of para-hydroxylation sites is 1. The van der Waals surface area contributed by atoms with Crippen LogP contribution < -0.4 is 0 Å². The molecule has 4 heteroatoms. The molecule has 1 aromatic carbocycles. The summed E-state index contributed by atoms with van der Waals surface area (Å²) in [6, 6.07) is 13.2. The monoisotopic (exact) mass is 273 g/mol. The molecule has 3 rings (SSSR count). The molecule has 0 bridgehead atoms. The summed E-state index contributed by atoms with van der Waals surface area (Å²) in [7, 11) is 0. The lowest BCUT2D eigenvalue weighted by molar-refractivity contribution is 0.108. The lowest BCUT2D eigenvalue weighted by Gasteiger charge is -2.05. The fourth-order valence-corrected chi connectivity index (χ4v) is 2.73. The van der Waals surface area contributed by atoms with Gasteiger partial charge in [0.1, 0.15) is 0 Å². The van der Waals surface area contributed by atoms with E-state index in [1.54, 1.807) is 17.4 Å². The first kappa shape index (κ1) is 11.4. The number of aromatic nitrogens is 1. The van der Waals surface area contributed by atoms with Crippen LogP contribution in [0.5, 0.6) is 0 Å². The Kier molecular flexibility index (Phi) is 2.86. The zero-order chi connectivity index (χ0) is 12.5. The van der Waals surface area contributed by atoms with Gasteiger partial charge in [0.05, 0.1) is 16.1 Å². The Morgan fingerprint density at radius 1 is 1.17 bits per heavy atom. The lowest BCUT2D eigenvalue weighted by Crippen LogP contribution is -1.94. The van der Waals surface area contributed by atoms with Gasteiger partial charge in [0.2, 0.25) is 0 Å². The van der Waals surface area contributed by atoms with E-state index in [9.17, 15) is 4.79 Å². The first-order chi connectivity index (χ1) is 8.75. The first-order valence-corrected chi connectivity index (χ1v) is 6.65. The van der Waals surface area contributed by atoms with E-state index in [4.69, 9.17) is 11.6 Å². The second kappa shape index (κ2) is 4.52. The number of hydrogen-bond acceptors (Lipinski definition) is 3. The molecule has 0 amide bonds. The lowest BCUT2D eigenvalue weighted by atomic mass is 10.1. The normalized spacial score (nSPS) is 10.7. The van der Waals surface area contributed by atoms with Crippen molar-refractivity contribution >= 4 is 39.1 Å². The minimum atomic E-state index is -0.452. The van der Waals surface area contributed by atoms with Crippen LogP contribution in [0.15, 0.2) is 47.8 Å². The fourth-order valence-electron chi connectivity index (χ4n) is 1.89. The molecule has 0 unspecified atom stereocenters. The van der Waals surface area contributed by atoms with Crippen molar-refractivity contribution in [2.75, 3.05) is 0 Å². The molecule has 0 atom stereocenters. The Morgan fingerprint density at radius 3 is 2.72 bits per heavy atom. The molecule has 0 spiro atoms. The van der Waals surface area contributed by atoms with Crippen LogP contribution in [-0.4, -0.2) is 10.2 Å². The van der Waals surface area contributed by atoms with E-state index < -0.39 is 5.24 Å². The fraction of sp³-hybridized carbons (Fsp3) is 0. The number of carbonyl (C=O) groups excluding carboxylic acids is 1. The van der Waals surface area contributed by atoms with Gasteiger partial charge in [-0.1, -0.05) is 24.3 Å². The van der Waals surface area contributed by atoms with E-state index in [2.05, 4.69) is 4.98 Å². The highest BCUT2D eigenvalue weighted by molar-refractivity contribution is 7.13. The van der Waals surface area contributed by atoms with Crippen LogP contribution in [0.25, 0.3) is 21.5 Å². The molecule has 0 aliphatic heterocycles. The molecule has 3 aromatic rings. The maximum absolute atomic E-state index is 11.5. The SMILES string of the molecule is O=C(Cl)c1cc(-c2cccs2)nc2ccccc12. The Labute approximate surface area is 113 Å². The zero-order valence-corrected chi connectivity index (χ0v) is 10.8. The van der Waals surface area contributed by atoms with E-state index in [-0.39, 0.29) is 0 Å². The van der Waals surface area contributed by atoms with Crippen LogP contribution in [-0.2, 0) is 0 Å². The minimum Gasteiger partial charge on any atom is -0.276 e. The Morgan fingerprint density at radius 2 is 2.00 bits per heavy atom. The number of hydrogen-bond donors (Lipinski definition) is 0. The molecule has 18 heavy (non-hydrogen) atoms. The van der Waals surface area contributed by atoms with Gasteiger partial charge in [-0.05, 0) is 35.2 Å². The van der Waals surface area contributed by atoms with Crippen molar-refractivity contribution in [2.24, 2.45) is 0 Å². The first-order valence-electron chi connectivity index (χ1n) is 5.39. The van der Waals surface area contributed by atoms with Crippen molar-refractivity contribution in [1.82, 2.24) is 4.98 Å². The molecule has 88 valence electrons. The summed E-state index contributed by atoms with van der Waals surface area (Å²) in [5.74, 6) is 0. The average Bonchev–Trinajstić information content (AvgIpc) is 2.91. The highest BCUT2D eigenvalue weighted by atomic mass is 35.5. The molecule has 0 aliphatic rings. The average molecular weight is 274 g/mol.